The summed E-state index contributed by atoms with van der Waals surface area (Å²) in [6.07, 6.45) is 1.53. The maximum absolute atomic E-state index is 11.8. The van der Waals surface area contributed by atoms with Gasteiger partial charge in [0.2, 0.25) is 0 Å². The zero-order chi connectivity index (χ0) is 18.8. The molecule has 27 heavy (non-hydrogen) atoms. The molecule has 0 spiro atoms. The molecule has 3 atom stereocenters. The third-order valence-electron chi connectivity index (χ3n) is 5.22. The van der Waals surface area contributed by atoms with Crippen LogP contribution in [0.2, 0.25) is 0 Å². The summed E-state index contributed by atoms with van der Waals surface area (Å²) in [5, 5.41) is 26.0. The Morgan fingerprint density at radius 3 is 2.85 bits per heavy atom. The second-order valence-corrected chi connectivity index (χ2v) is 7.06. The van der Waals surface area contributed by atoms with Gasteiger partial charge in [0.15, 0.2) is 17.1 Å². The van der Waals surface area contributed by atoms with E-state index in [4.69, 9.17) is 14.4 Å². The molecule has 0 unspecified atom stereocenters. The molecule has 0 bridgehead atoms. The van der Waals surface area contributed by atoms with Crippen molar-refractivity contribution in [3.05, 3.63) is 35.9 Å². The predicted octanol–water partition coefficient (Wildman–Crippen LogP) is 1.68. The van der Waals surface area contributed by atoms with Gasteiger partial charge in [0.25, 0.3) is 0 Å². The van der Waals surface area contributed by atoms with Crippen molar-refractivity contribution in [1.29, 1.82) is 0 Å². The Hall–Kier alpha value is -2.42. The van der Waals surface area contributed by atoms with Gasteiger partial charge in [0, 0.05) is 37.3 Å². The molecule has 2 aromatic rings. The van der Waals surface area contributed by atoms with Crippen LogP contribution in [0, 0.1) is 0 Å². The molecule has 2 aliphatic heterocycles. The van der Waals surface area contributed by atoms with Gasteiger partial charge in [-0.15, -0.1) is 0 Å². The molecule has 1 aromatic carbocycles. The predicted molar refractivity (Wildman–Crippen MR) is 97.7 cm³/mol. The number of aromatic nitrogens is 1. The minimum Gasteiger partial charge on any atom is -0.477 e. The number of aliphatic hydroxyl groups is 1. The first-order valence-corrected chi connectivity index (χ1v) is 9.17. The van der Waals surface area contributed by atoms with Crippen LogP contribution in [-0.4, -0.2) is 70.7 Å². The fourth-order valence-corrected chi connectivity index (χ4v) is 3.93. The average Bonchev–Trinajstić information content (AvgIpc) is 3.26. The smallest absolute Gasteiger partial charge is 0.343 e. The van der Waals surface area contributed by atoms with Crippen LogP contribution in [0.3, 0.4) is 0 Å². The van der Waals surface area contributed by atoms with E-state index in [1.165, 1.54) is 0 Å². The lowest BCUT2D eigenvalue weighted by molar-refractivity contribution is -0.0566. The number of nitrogens with one attached hydrogen (secondary N) is 1. The molecular weight excluding hydrogens is 350 g/mol. The maximum Gasteiger partial charge on any atom is 0.343 e. The molecule has 3 N–H and O–H groups in total. The van der Waals surface area contributed by atoms with Crippen LogP contribution in [0.5, 0.6) is 0 Å². The van der Waals surface area contributed by atoms with Gasteiger partial charge >= 0.3 is 5.97 Å². The minimum atomic E-state index is -1.07. The fourth-order valence-electron chi connectivity index (χ4n) is 3.93. The van der Waals surface area contributed by atoms with E-state index < -0.39 is 5.97 Å². The Balaban J connectivity index is 1.49. The topological polar surface area (TPSA) is 108 Å². The number of hydrogen-bond acceptors (Lipinski definition) is 7. The number of carboxylic acid groups (broad SMARTS) is 1. The van der Waals surface area contributed by atoms with E-state index in [1.54, 1.807) is 12.1 Å². The van der Waals surface area contributed by atoms with Crippen LogP contribution in [0.25, 0.3) is 11.3 Å². The Morgan fingerprint density at radius 1 is 1.30 bits per heavy atom. The SMILES string of the molecule is O=C(O)c1c(N[C@H]2C[C@H]3CO[C@@H](CCO)CN3C2)noc1-c1ccccc1. The Bertz CT molecular complexity index is 794. The third kappa shape index (κ3) is 3.69. The van der Waals surface area contributed by atoms with Crippen LogP contribution in [0.1, 0.15) is 23.2 Å². The average molecular weight is 373 g/mol. The van der Waals surface area contributed by atoms with E-state index in [1.807, 2.05) is 18.2 Å². The zero-order valence-electron chi connectivity index (χ0n) is 14.9. The van der Waals surface area contributed by atoms with Gasteiger partial charge in [-0.25, -0.2) is 4.79 Å². The number of benzene rings is 1. The van der Waals surface area contributed by atoms with Gasteiger partial charge in [-0.1, -0.05) is 35.5 Å². The summed E-state index contributed by atoms with van der Waals surface area (Å²) in [5.41, 5.74) is 0.736. The van der Waals surface area contributed by atoms with Gasteiger partial charge in [0.1, 0.15) is 0 Å². The third-order valence-corrected chi connectivity index (χ3v) is 5.22. The number of anilines is 1. The van der Waals surface area contributed by atoms with Crippen LogP contribution < -0.4 is 5.32 Å². The van der Waals surface area contributed by atoms with Crippen molar-refractivity contribution in [3.63, 3.8) is 0 Å². The molecule has 2 saturated heterocycles. The largest absolute Gasteiger partial charge is 0.477 e. The second kappa shape index (κ2) is 7.67. The van der Waals surface area contributed by atoms with Crippen molar-refractivity contribution < 1.29 is 24.3 Å². The highest BCUT2D eigenvalue weighted by atomic mass is 16.5. The molecule has 144 valence electrons. The molecule has 2 fully saturated rings. The van der Waals surface area contributed by atoms with E-state index in [0.717, 1.165) is 19.5 Å². The van der Waals surface area contributed by atoms with Crippen LogP contribution in [0.15, 0.2) is 34.9 Å². The number of ether oxygens (including phenoxy) is 1. The highest BCUT2D eigenvalue weighted by Gasteiger charge is 2.38. The maximum atomic E-state index is 11.8. The highest BCUT2D eigenvalue weighted by molar-refractivity contribution is 5.99. The number of rotatable bonds is 6. The summed E-state index contributed by atoms with van der Waals surface area (Å²) in [7, 11) is 0. The Labute approximate surface area is 156 Å². The van der Waals surface area contributed by atoms with E-state index >= 15 is 0 Å². The summed E-state index contributed by atoms with van der Waals surface area (Å²) >= 11 is 0. The first-order chi connectivity index (χ1) is 13.2. The lowest BCUT2D eigenvalue weighted by Crippen LogP contribution is -2.46. The first-order valence-electron chi connectivity index (χ1n) is 9.17. The monoisotopic (exact) mass is 373 g/mol. The van der Waals surface area contributed by atoms with Crippen molar-refractivity contribution in [2.24, 2.45) is 0 Å². The molecule has 3 heterocycles. The Kier molecular flexibility index (Phi) is 5.11. The molecule has 8 nitrogen and oxygen atoms in total. The van der Waals surface area contributed by atoms with Crippen molar-refractivity contribution in [2.75, 3.05) is 31.6 Å². The normalized spacial score (nSPS) is 25.3. The molecule has 0 radical (unpaired) electrons. The molecule has 0 saturated carbocycles. The standard InChI is InChI=1S/C19H23N3O5/c23-7-6-15-10-22-9-13(8-14(22)11-26-15)20-18-16(19(24)25)17(27-21-18)12-4-2-1-3-5-12/h1-5,13-15,23H,6-11H2,(H,20,21)(H,24,25)/t13-,14-,15-/m0/s1. The van der Waals surface area contributed by atoms with E-state index in [0.29, 0.717) is 24.6 Å². The zero-order valence-corrected chi connectivity index (χ0v) is 14.9. The Morgan fingerprint density at radius 2 is 2.11 bits per heavy atom. The second-order valence-electron chi connectivity index (χ2n) is 7.06. The minimum absolute atomic E-state index is 0.0521. The number of morpholine rings is 1. The van der Waals surface area contributed by atoms with Crippen molar-refractivity contribution in [2.45, 2.75) is 31.0 Å². The van der Waals surface area contributed by atoms with Gasteiger partial charge in [0.05, 0.1) is 12.7 Å². The molecule has 0 amide bonds. The highest BCUT2D eigenvalue weighted by Crippen LogP contribution is 2.32. The summed E-state index contributed by atoms with van der Waals surface area (Å²) in [5.74, 6) is -0.550. The van der Waals surface area contributed by atoms with E-state index in [-0.39, 0.29) is 35.9 Å². The number of carboxylic acids is 1. The molecular formula is C19H23N3O5. The summed E-state index contributed by atoms with van der Waals surface area (Å²) in [6.45, 7) is 2.31. The van der Waals surface area contributed by atoms with Gasteiger partial charge in [-0.2, -0.15) is 0 Å². The molecule has 0 aliphatic carbocycles. The number of carbonyl (C=O) groups is 1. The summed E-state index contributed by atoms with van der Waals surface area (Å²) in [4.78, 5) is 14.2. The number of aromatic carboxylic acids is 1. The number of hydrogen-bond donors (Lipinski definition) is 3. The van der Waals surface area contributed by atoms with Crippen LogP contribution >= 0.6 is 0 Å². The summed E-state index contributed by atoms with van der Waals surface area (Å²) < 4.78 is 11.2. The van der Waals surface area contributed by atoms with Crippen LogP contribution in [0.4, 0.5) is 5.82 Å². The van der Waals surface area contributed by atoms with Gasteiger partial charge in [-0.3, -0.25) is 4.90 Å². The lowest BCUT2D eigenvalue weighted by atomic mass is 10.1. The number of fused-ring (bicyclic) bond motifs is 1. The van der Waals surface area contributed by atoms with Crippen LogP contribution in [-0.2, 0) is 4.74 Å². The molecule has 2 aliphatic rings. The van der Waals surface area contributed by atoms with Crippen molar-refractivity contribution in [1.82, 2.24) is 10.1 Å². The van der Waals surface area contributed by atoms with E-state index in [2.05, 4.69) is 15.4 Å². The summed E-state index contributed by atoms with van der Waals surface area (Å²) in [6, 6.07) is 9.48. The number of aliphatic hydroxyl groups excluding tert-OH is 1. The molecule has 4 rings (SSSR count). The lowest BCUT2D eigenvalue weighted by Gasteiger charge is -2.34. The van der Waals surface area contributed by atoms with Gasteiger partial charge < -0.3 is 24.8 Å². The van der Waals surface area contributed by atoms with Crippen molar-refractivity contribution >= 4 is 11.8 Å². The quantitative estimate of drug-likeness (QED) is 0.702. The van der Waals surface area contributed by atoms with Crippen molar-refractivity contribution in [3.8, 4) is 11.3 Å². The van der Waals surface area contributed by atoms with E-state index in [9.17, 15) is 9.90 Å². The molecule has 1 aromatic heterocycles. The number of nitrogens with zero attached hydrogens (tertiary/aromatic N) is 2. The first kappa shape index (κ1) is 18.0. The van der Waals surface area contributed by atoms with Gasteiger partial charge in [-0.05, 0) is 12.8 Å². The molecule has 8 heteroatoms. The fraction of sp³-hybridized carbons (Fsp3) is 0.474.